The maximum absolute atomic E-state index is 14.0. The van der Waals surface area contributed by atoms with Gasteiger partial charge < -0.3 is 9.47 Å². The summed E-state index contributed by atoms with van der Waals surface area (Å²) in [7, 11) is -0.839. The average molecular weight is 365 g/mol. The fourth-order valence-corrected chi connectivity index (χ4v) is 4.91. The van der Waals surface area contributed by atoms with Crippen molar-refractivity contribution in [2.24, 2.45) is 0 Å². The second-order valence-electron chi connectivity index (χ2n) is 5.88. The van der Waals surface area contributed by atoms with Crippen LogP contribution in [0.2, 0.25) is 0 Å². The molecule has 5 nitrogen and oxygen atoms in total. The van der Waals surface area contributed by atoms with Crippen LogP contribution >= 0.6 is 0 Å². The number of halogens is 1. The van der Waals surface area contributed by atoms with E-state index in [1.807, 2.05) is 6.07 Å². The number of fused-ring (bicyclic) bond motifs is 1. The maximum atomic E-state index is 14.0. The molecule has 0 bridgehead atoms. The topological polar surface area (TPSA) is 55.8 Å². The van der Waals surface area contributed by atoms with Crippen LogP contribution in [0.1, 0.15) is 24.1 Å². The largest absolute Gasteiger partial charge is 0.493 e. The summed E-state index contributed by atoms with van der Waals surface area (Å²) in [6.45, 7) is 2.07. The molecule has 0 N–H and O–H groups in total. The van der Waals surface area contributed by atoms with Gasteiger partial charge in [0.05, 0.1) is 14.2 Å². The van der Waals surface area contributed by atoms with E-state index in [-0.39, 0.29) is 11.4 Å². The first kappa shape index (κ1) is 17.7. The lowest BCUT2D eigenvalue weighted by Crippen LogP contribution is -2.39. The van der Waals surface area contributed by atoms with Crippen molar-refractivity contribution >= 4 is 10.0 Å². The molecular formula is C18H20FNO4S. The molecule has 1 aliphatic heterocycles. The Balaban J connectivity index is 2.04. The highest BCUT2D eigenvalue weighted by molar-refractivity contribution is 7.89. The highest BCUT2D eigenvalue weighted by Gasteiger charge is 2.36. The fourth-order valence-electron chi connectivity index (χ4n) is 3.23. The highest BCUT2D eigenvalue weighted by atomic mass is 32.2. The lowest BCUT2D eigenvalue weighted by Gasteiger charge is -2.34. The van der Waals surface area contributed by atoms with E-state index in [2.05, 4.69) is 0 Å². The van der Waals surface area contributed by atoms with Gasteiger partial charge in [0, 0.05) is 12.6 Å². The first-order chi connectivity index (χ1) is 11.9. The van der Waals surface area contributed by atoms with Gasteiger partial charge in [-0.1, -0.05) is 12.1 Å². The summed E-state index contributed by atoms with van der Waals surface area (Å²) in [6.07, 6.45) is 0.522. The standard InChI is InChI=1S/C18H20FNO4S/c1-12-14-11-17(24-3)16(23-2)10-13(14)8-9-20(12)25(21,22)18-7-5-4-6-15(18)19/h4-7,10-12H,8-9H2,1-3H3. The summed E-state index contributed by atoms with van der Waals surface area (Å²) in [5.74, 6) is 0.407. The maximum Gasteiger partial charge on any atom is 0.246 e. The van der Waals surface area contributed by atoms with Crippen molar-refractivity contribution in [2.45, 2.75) is 24.3 Å². The van der Waals surface area contributed by atoms with Crippen LogP contribution in [0.15, 0.2) is 41.3 Å². The second-order valence-corrected chi connectivity index (χ2v) is 7.74. The monoisotopic (exact) mass is 365 g/mol. The van der Waals surface area contributed by atoms with Crippen LogP contribution in [-0.4, -0.2) is 33.5 Å². The van der Waals surface area contributed by atoms with Gasteiger partial charge in [0.1, 0.15) is 10.7 Å². The Morgan fingerprint density at radius 1 is 1.12 bits per heavy atom. The number of hydrogen-bond donors (Lipinski definition) is 0. The van der Waals surface area contributed by atoms with E-state index >= 15 is 0 Å². The predicted molar refractivity (Wildman–Crippen MR) is 92.0 cm³/mol. The van der Waals surface area contributed by atoms with Gasteiger partial charge in [0.2, 0.25) is 10.0 Å². The smallest absolute Gasteiger partial charge is 0.246 e. The third kappa shape index (κ3) is 2.98. The molecule has 25 heavy (non-hydrogen) atoms. The van der Waals surface area contributed by atoms with Crippen molar-refractivity contribution in [3.63, 3.8) is 0 Å². The van der Waals surface area contributed by atoms with Crippen LogP contribution in [0, 0.1) is 5.82 Å². The van der Waals surface area contributed by atoms with E-state index in [1.54, 1.807) is 20.1 Å². The van der Waals surface area contributed by atoms with E-state index < -0.39 is 21.9 Å². The Hall–Kier alpha value is -2.12. The Morgan fingerprint density at radius 2 is 1.76 bits per heavy atom. The number of sulfonamides is 1. The average Bonchev–Trinajstić information content (AvgIpc) is 2.61. The van der Waals surface area contributed by atoms with E-state index in [1.165, 1.54) is 29.6 Å². The van der Waals surface area contributed by atoms with Crippen LogP contribution in [0.4, 0.5) is 4.39 Å². The molecule has 3 rings (SSSR count). The molecule has 0 aromatic heterocycles. The summed E-state index contributed by atoms with van der Waals surface area (Å²) in [6, 6.07) is 8.67. The lowest BCUT2D eigenvalue weighted by molar-refractivity contribution is 0.317. The molecule has 1 unspecified atom stereocenters. The van der Waals surface area contributed by atoms with Crippen LogP contribution in [0.5, 0.6) is 11.5 Å². The molecular weight excluding hydrogens is 345 g/mol. The molecule has 2 aromatic rings. The van der Waals surface area contributed by atoms with Crippen LogP contribution in [0.25, 0.3) is 0 Å². The second kappa shape index (κ2) is 6.65. The number of ether oxygens (including phenoxy) is 2. The van der Waals surface area contributed by atoms with Gasteiger partial charge in [0.25, 0.3) is 0 Å². The molecule has 0 saturated carbocycles. The summed E-state index contributed by atoms with van der Waals surface area (Å²) in [5, 5.41) is 0. The van der Waals surface area contributed by atoms with Gasteiger partial charge in [-0.15, -0.1) is 0 Å². The summed E-state index contributed by atoms with van der Waals surface area (Å²) in [4.78, 5) is -0.300. The molecule has 2 aromatic carbocycles. The Bertz CT molecular complexity index is 898. The molecule has 0 amide bonds. The molecule has 134 valence electrons. The van der Waals surface area contributed by atoms with E-state index in [9.17, 15) is 12.8 Å². The Labute approximate surface area is 147 Å². The van der Waals surface area contributed by atoms with E-state index in [0.717, 1.165) is 17.2 Å². The normalized spacial score (nSPS) is 17.8. The number of nitrogens with zero attached hydrogens (tertiary/aromatic N) is 1. The highest BCUT2D eigenvalue weighted by Crippen LogP contribution is 2.40. The van der Waals surface area contributed by atoms with Gasteiger partial charge in [-0.25, -0.2) is 12.8 Å². The number of benzene rings is 2. The van der Waals surface area contributed by atoms with Gasteiger partial charge in [-0.2, -0.15) is 4.31 Å². The third-order valence-electron chi connectivity index (χ3n) is 4.55. The minimum Gasteiger partial charge on any atom is -0.493 e. The van der Waals surface area contributed by atoms with E-state index in [4.69, 9.17) is 9.47 Å². The van der Waals surface area contributed by atoms with Crippen molar-refractivity contribution in [3.05, 3.63) is 53.3 Å². The molecule has 0 fully saturated rings. The molecule has 0 saturated heterocycles. The van der Waals surface area contributed by atoms with Crippen molar-refractivity contribution in [3.8, 4) is 11.5 Å². The van der Waals surface area contributed by atoms with Gasteiger partial charge in [-0.05, 0) is 48.7 Å². The number of methoxy groups -OCH3 is 2. The van der Waals surface area contributed by atoms with Crippen molar-refractivity contribution < 1.29 is 22.3 Å². The van der Waals surface area contributed by atoms with Gasteiger partial charge >= 0.3 is 0 Å². The minimum atomic E-state index is -3.93. The first-order valence-electron chi connectivity index (χ1n) is 7.91. The van der Waals surface area contributed by atoms with E-state index in [0.29, 0.717) is 17.9 Å². The summed E-state index contributed by atoms with van der Waals surface area (Å²) < 4.78 is 51.9. The molecule has 0 radical (unpaired) electrons. The zero-order valence-electron chi connectivity index (χ0n) is 14.3. The van der Waals surface area contributed by atoms with Crippen molar-refractivity contribution in [1.82, 2.24) is 4.31 Å². The minimum absolute atomic E-state index is 0.278. The third-order valence-corrected chi connectivity index (χ3v) is 6.56. The van der Waals surface area contributed by atoms with Gasteiger partial charge in [0.15, 0.2) is 11.5 Å². The molecule has 1 atom stereocenters. The van der Waals surface area contributed by atoms with Crippen molar-refractivity contribution in [1.29, 1.82) is 0 Å². The molecule has 0 aliphatic carbocycles. The number of hydrogen-bond acceptors (Lipinski definition) is 4. The Morgan fingerprint density at radius 3 is 2.40 bits per heavy atom. The quantitative estimate of drug-likeness (QED) is 0.835. The van der Waals surface area contributed by atoms with Crippen molar-refractivity contribution in [2.75, 3.05) is 20.8 Å². The van der Waals surface area contributed by atoms with Gasteiger partial charge in [-0.3, -0.25) is 0 Å². The molecule has 1 heterocycles. The van der Waals surface area contributed by atoms with Crippen LogP contribution < -0.4 is 9.47 Å². The van der Waals surface area contributed by atoms with Crippen LogP contribution in [0.3, 0.4) is 0 Å². The lowest BCUT2D eigenvalue weighted by atomic mass is 9.94. The summed E-state index contributed by atoms with van der Waals surface area (Å²) in [5.41, 5.74) is 1.84. The Kier molecular flexibility index (Phi) is 4.71. The predicted octanol–water partition coefficient (Wildman–Crippen LogP) is 3.15. The molecule has 7 heteroatoms. The summed E-state index contributed by atoms with van der Waals surface area (Å²) >= 11 is 0. The molecule has 0 spiro atoms. The number of rotatable bonds is 4. The van der Waals surface area contributed by atoms with Crippen LogP contribution in [-0.2, 0) is 16.4 Å². The SMILES string of the molecule is COc1cc2c(cc1OC)C(C)N(S(=O)(=O)c1ccccc1F)CC2. The molecule has 1 aliphatic rings. The fraction of sp³-hybridized carbons (Fsp3) is 0.333. The first-order valence-corrected chi connectivity index (χ1v) is 9.35. The zero-order chi connectivity index (χ0) is 18.2. The zero-order valence-corrected chi connectivity index (χ0v) is 15.1.